The fourth-order valence-corrected chi connectivity index (χ4v) is 6.43. The number of hydrogen-bond donors (Lipinski definition) is 1. The summed E-state index contributed by atoms with van der Waals surface area (Å²) in [6, 6.07) is 26.5. The van der Waals surface area contributed by atoms with E-state index < -0.39 is 40.2 Å². The zero-order chi connectivity index (χ0) is 32.6. The van der Waals surface area contributed by atoms with Crippen LogP contribution in [0, 0.1) is 12.7 Å². The first-order valence-electron chi connectivity index (χ1n) is 14.7. The lowest BCUT2D eigenvalue weighted by Crippen LogP contribution is -2.54. The van der Waals surface area contributed by atoms with Gasteiger partial charge < -0.3 is 10.2 Å². The molecule has 2 amide bonds. The smallest absolute Gasteiger partial charge is 0.264 e. The fourth-order valence-electron chi connectivity index (χ4n) is 4.81. The molecule has 0 aliphatic carbocycles. The van der Waals surface area contributed by atoms with Crippen LogP contribution < -0.4 is 9.62 Å². The molecule has 236 valence electrons. The van der Waals surface area contributed by atoms with Crippen LogP contribution in [0.3, 0.4) is 0 Å². The molecule has 1 N–H and O–H groups in total. The van der Waals surface area contributed by atoms with Crippen molar-refractivity contribution >= 4 is 39.1 Å². The highest BCUT2D eigenvalue weighted by Gasteiger charge is 2.36. The Labute approximate surface area is 269 Å². The predicted molar refractivity (Wildman–Crippen MR) is 176 cm³/mol. The van der Waals surface area contributed by atoms with E-state index in [1.165, 1.54) is 35.2 Å². The van der Waals surface area contributed by atoms with Gasteiger partial charge in [-0.2, -0.15) is 0 Å². The summed E-state index contributed by atoms with van der Waals surface area (Å²) in [5.74, 6) is -1.91. The zero-order valence-corrected chi connectivity index (χ0v) is 27.1. The fraction of sp³-hybridized carbons (Fsp3) is 0.257. The van der Waals surface area contributed by atoms with Crippen LogP contribution in [0.25, 0.3) is 0 Å². The number of rotatable bonds is 13. The zero-order valence-electron chi connectivity index (χ0n) is 25.5. The van der Waals surface area contributed by atoms with Crippen molar-refractivity contribution in [2.75, 3.05) is 10.8 Å². The number of para-hydroxylation sites is 1. The average molecular weight is 650 g/mol. The van der Waals surface area contributed by atoms with Crippen LogP contribution in [0.1, 0.15) is 37.0 Å². The number of anilines is 1. The molecule has 4 aromatic carbocycles. The monoisotopic (exact) mass is 649 g/mol. The quantitative estimate of drug-likeness (QED) is 0.178. The third kappa shape index (κ3) is 8.49. The molecule has 0 aliphatic heterocycles. The van der Waals surface area contributed by atoms with Crippen LogP contribution in [-0.4, -0.2) is 43.8 Å². The van der Waals surface area contributed by atoms with Crippen molar-refractivity contribution in [2.24, 2.45) is 0 Å². The molecule has 2 atom stereocenters. The lowest BCUT2D eigenvalue weighted by molar-refractivity contribution is -0.140. The molecule has 0 heterocycles. The molecule has 0 aliphatic rings. The molecule has 0 saturated heterocycles. The van der Waals surface area contributed by atoms with Crippen molar-refractivity contribution < 1.29 is 22.4 Å². The van der Waals surface area contributed by atoms with E-state index in [-0.39, 0.29) is 29.6 Å². The summed E-state index contributed by atoms with van der Waals surface area (Å²) in [5.41, 5.74) is 1.93. The van der Waals surface area contributed by atoms with Crippen LogP contribution in [0.5, 0.6) is 0 Å². The molecular formula is C35H37ClFN3O4S. The molecule has 0 aromatic heterocycles. The minimum absolute atomic E-state index is 0.0837. The number of aryl methyl sites for hydroxylation is 1. The van der Waals surface area contributed by atoms with Crippen molar-refractivity contribution in [3.05, 3.63) is 131 Å². The molecule has 4 rings (SSSR count). The summed E-state index contributed by atoms with van der Waals surface area (Å²) in [6.07, 6.45) is 0.821. The molecule has 0 bridgehead atoms. The maximum absolute atomic E-state index is 15.2. The van der Waals surface area contributed by atoms with Crippen molar-refractivity contribution in [3.8, 4) is 0 Å². The van der Waals surface area contributed by atoms with Crippen LogP contribution >= 0.6 is 11.6 Å². The Morgan fingerprint density at radius 3 is 2.16 bits per heavy atom. The van der Waals surface area contributed by atoms with Crippen LogP contribution in [-0.2, 0) is 32.6 Å². The van der Waals surface area contributed by atoms with Gasteiger partial charge in [0.1, 0.15) is 18.4 Å². The molecule has 0 unspecified atom stereocenters. The molecule has 4 aromatic rings. The van der Waals surface area contributed by atoms with Crippen molar-refractivity contribution in [1.82, 2.24) is 10.2 Å². The maximum atomic E-state index is 15.2. The number of nitrogens with zero attached hydrogens (tertiary/aromatic N) is 2. The van der Waals surface area contributed by atoms with Gasteiger partial charge in [-0.25, -0.2) is 12.8 Å². The van der Waals surface area contributed by atoms with E-state index in [1.54, 1.807) is 36.4 Å². The first-order valence-corrected chi connectivity index (χ1v) is 16.5. The van der Waals surface area contributed by atoms with Gasteiger partial charge in [-0.15, -0.1) is 0 Å². The standard InChI is InChI=1S/C35H37ClFN3O4S/c1-4-26(3)38-35(42)33(22-27-12-6-5-7-13-27)39(23-28-14-8-9-15-30(28)36)34(41)24-40(32-17-11-10-16-31(32)37)45(43,44)29-20-18-25(2)19-21-29/h5-21,26,33H,4,22-24H2,1-3H3,(H,38,42)/t26-,33+/m0/s1. The Hall–Kier alpha value is -4.21. The molecule has 0 radical (unpaired) electrons. The second-order valence-corrected chi connectivity index (χ2v) is 13.2. The van der Waals surface area contributed by atoms with Gasteiger partial charge in [0.05, 0.1) is 10.6 Å². The van der Waals surface area contributed by atoms with E-state index in [1.807, 2.05) is 51.1 Å². The van der Waals surface area contributed by atoms with Gasteiger partial charge in [0.15, 0.2) is 0 Å². The molecule has 10 heteroatoms. The molecular weight excluding hydrogens is 613 g/mol. The Bertz CT molecular complexity index is 1720. The summed E-state index contributed by atoms with van der Waals surface area (Å²) in [7, 11) is -4.41. The van der Waals surface area contributed by atoms with Crippen molar-refractivity contribution in [2.45, 2.75) is 57.1 Å². The van der Waals surface area contributed by atoms with Crippen LogP contribution in [0.4, 0.5) is 10.1 Å². The summed E-state index contributed by atoms with van der Waals surface area (Å²) < 4.78 is 44.1. The highest BCUT2D eigenvalue weighted by Crippen LogP contribution is 2.28. The average Bonchev–Trinajstić information content (AvgIpc) is 3.03. The van der Waals surface area contributed by atoms with Gasteiger partial charge in [0, 0.05) is 24.0 Å². The molecule has 45 heavy (non-hydrogen) atoms. The first-order chi connectivity index (χ1) is 21.5. The minimum atomic E-state index is -4.41. The number of amides is 2. The Morgan fingerprint density at radius 1 is 0.889 bits per heavy atom. The van der Waals surface area contributed by atoms with E-state index in [4.69, 9.17) is 11.6 Å². The lowest BCUT2D eigenvalue weighted by atomic mass is 10.0. The summed E-state index contributed by atoms with van der Waals surface area (Å²) in [5, 5.41) is 3.37. The number of nitrogens with one attached hydrogen (secondary N) is 1. The summed E-state index contributed by atoms with van der Waals surface area (Å²) >= 11 is 6.52. The second kappa shape index (κ2) is 15.2. The third-order valence-electron chi connectivity index (χ3n) is 7.58. The largest absolute Gasteiger partial charge is 0.352 e. The minimum Gasteiger partial charge on any atom is -0.352 e. The maximum Gasteiger partial charge on any atom is 0.264 e. The number of carbonyl (C=O) groups is 2. The van der Waals surface area contributed by atoms with Gasteiger partial charge in [-0.3, -0.25) is 13.9 Å². The molecule has 0 fully saturated rings. The van der Waals surface area contributed by atoms with Crippen LogP contribution in [0.15, 0.2) is 108 Å². The van der Waals surface area contributed by atoms with Gasteiger partial charge in [-0.05, 0) is 61.7 Å². The third-order valence-corrected chi connectivity index (χ3v) is 9.72. The number of halogens is 2. The molecule has 7 nitrogen and oxygen atoms in total. The number of carbonyl (C=O) groups excluding carboxylic acids is 2. The van der Waals surface area contributed by atoms with Gasteiger partial charge in [-0.1, -0.05) is 96.9 Å². The van der Waals surface area contributed by atoms with E-state index >= 15 is 4.39 Å². The Balaban J connectivity index is 1.83. The van der Waals surface area contributed by atoms with Gasteiger partial charge >= 0.3 is 0 Å². The topological polar surface area (TPSA) is 86.8 Å². The summed E-state index contributed by atoms with van der Waals surface area (Å²) in [4.78, 5) is 29.6. The predicted octanol–water partition coefficient (Wildman–Crippen LogP) is 6.54. The lowest BCUT2D eigenvalue weighted by Gasteiger charge is -2.34. The number of benzene rings is 4. The number of sulfonamides is 1. The number of hydrogen-bond acceptors (Lipinski definition) is 4. The van der Waals surface area contributed by atoms with Crippen LogP contribution in [0.2, 0.25) is 5.02 Å². The van der Waals surface area contributed by atoms with Crippen molar-refractivity contribution in [1.29, 1.82) is 0 Å². The summed E-state index contributed by atoms with van der Waals surface area (Å²) in [6.45, 7) is 4.78. The first kappa shape index (κ1) is 33.7. The second-order valence-electron chi connectivity index (χ2n) is 10.9. The Morgan fingerprint density at radius 2 is 1.51 bits per heavy atom. The van der Waals surface area contributed by atoms with E-state index in [0.717, 1.165) is 21.5 Å². The Kier molecular flexibility index (Phi) is 11.4. The normalized spacial score (nSPS) is 12.6. The highest BCUT2D eigenvalue weighted by atomic mass is 35.5. The molecule has 0 saturated carbocycles. The van der Waals surface area contributed by atoms with E-state index in [0.29, 0.717) is 17.0 Å². The molecule has 0 spiro atoms. The van der Waals surface area contributed by atoms with E-state index in [2.05, 4.69) is 5.32 Å². The van der Waals surface area contributed by atoms with Gasteiger partial charge in [0.25, 0.3) is 10.0 Å². The van der Waals surface area contributed by atoms with E-state index in [9.17, 15) is 18.0 Å². The van der Waals surface area contributed by atoms with Gasteiger partial charge in [0.2, 0.25) is 11.8 Å². The SMILES string of the molecule is CC[C@H](C)NC(=O)[C@@H](Cc1ccccc1)N(Cc1ccccc1Cl)C(=O)CN(c1ccccc1F)S(=O)(=O)c1ccc(C)cc1. The highest BCUT2D eigenvalue weighted by molar-refractivity contribution is 7.92. The van der Waals surface area contributed by atoms with Crippen molar-refractivity contribution in [3.63, 3.8) is 0 Å².